The van der Waals surface area contributed by atoms with E-state index in [0.717, 1.165) is 36.2 Å². The van der Waals surface area contributed by atoms with Crippen molar-refractivity contribution in [3.63, 3.8) is 0 Å². The van der Waals surface area contributed by atoms with Crippen LogP contribution in [0.1, 0.15) is 44.4 Å². The Bertz CT molecular complexity index is 1250. The SMILES string of the molecule is CCCCNC(=O)Nc1ccccc1C(OCCCn1cnc(-c2ccccc2)c1CC)=S(=O)=O. The number of aromatic nitrogens is 2. The van der Waals surface area contributed by atoms with Gasteiger partial charge in [-0.1, -0.05) is 62.7 Å². The van der Waals surface area contributed by atoms with Gasteiger partial charge >= 0.3 is 6.03 Å². The number of carbonyl (C=O) groups is 1. The first-order valence-corrected chi connectivity index (χ1v) is 12.9. The third-order valence-electron chi connectivity index (χ3n) is 5.47. The second kappa shape index (κ2) is 13.5. The summed E-state index contributed by atoms with van der Waals surface area (Å²) in [5, 5.41) is 5.28. The number of anilines is 1. The number of hydrogen-bond donors (Lipinski definition) is 2. The number of hydrogen-bond acceptors (Lipinski definition) is 5. The fraction of sp³-hybridized carbons (Fsp3) is 0.346. The highest BCUT2D eigenvalue weighted by Crippen LogP contribution is 2.23. The van der Waals surface area contributed by atoms with Crippen LogP contribution in [0.3, 0.4) is 0 Å². The first-order valence-electron chi connectivity index (χ1n) is 11.9. The molecule has 2 N–H and O–H groups in total. The number of benzene rings is 2. The quantitative estimate of drug-likeness (QED) is 0.301. The molecule has 0 atom stereocenters. The summed E-state index contributed by atoms with van der Waals surface area (Å²) in [6.45, 7) is 5.51. The predicted molar refractivity (Wildman–Crippen MR) is 139 cm³/mol. The van der Waals surface area contributed by atoms with E-state index in [1.807, 2.05) is 43.6 Å². The number of nitrogens with zero attached hydrogens (tertiary/aromatic N) is 2. The number of carbonyl (C=O) groups excluding carboxylic acids is 1. The van der Waals surface area contributed by atoms with Crippen LogP contribution in [-0.2, 0) is 28.0 Å². The Morgan fingerprint density at radius 3 is 2.49 bits per heavy atom. The van der Waals surface area contributed by atoms with Gasteiger partial charge in [0.15, 0.2) is 0 Å². The van der Waals surface area contributed by atoms with Gasteiger partial charge in [-0.15, -0.1) is 0 Å². The van der Waals surface area contributed by atoms with E-state index in [9.17, 15) is 13.2 Å². The Morgan fingerprint density at radius 2 is 1.77 bits per heavy atom. The molecule has 0 radical (unpaired) electrons. The van der Waals surface area contributed by atoms with Crippen molar-refractivity contribution in [1.82, 2.24) is 14.9 Å². The molecule has 186 valence electrons. The summed E-state index contributed by atoms with van der Waals surface area (Å²) < 4.78 is 31.7. The maximum absolute atomic E-state index is 12.2. The maximum atomic E-state index is 12.2. The topological polar surface area (TPSA) is 102 Å². The molecule has 3 aromatic rings. The number of nitrogens with one attached hydrogen (secondary N) is 2. The van der Waals surface area contributed by atoms with Crippen molar-refractivity contribution in [1.29, 1.82) is 0 Å². The summed E-state index contributed by atoms with van der Waals surface area (Å²) in [4.78, 5) is 16.8. The lowest BCUT2D eigenvalue weighted by molar-refractivity contribution is 0.252. The first-order chi connectivity index (χ1) is 17.0. The van der Waals surface area contributed by atoms with E-state index < -0.39 is 10.3 Å². The molecular weight excluding hydrogens is 464 g/mol. The third-order valence-corrected chi connectivity index (χ3v) is 6.11. The molecule has 0 saturated carbocycles. The zero-order valence-electron chi connectivity index (χ0n) is 20.2. The molecule has 0 unspecified atom stereocenters. The molecule has 0 bridgehead atoms. The molecule has 2 amide bonds. The van der Waals surface area contributed by atoms with E-state index >= 15 is 0 Å². The van der Waals surface area contributed by atoms with Crippen molar-refractivity contribution in [3.8, 4) is 11.3 Å². The predicted octanol–water partition coefficient (Wildman–Crippen LogP) is 4.50. The van der Waals surface area contributed by atoms with Crippen molar-refractivity contribution >= 4 is 27.1 Å². The molecule has 35 heavy (non-hydrogen) atoms. The highest BCUT2D eigenvalue weighted by atomic mass is 32.2. The molecule has 8 nitrogen and oxygen atoms in total. The van der Waals surface area contributed by atoms with Gasteiger partial charge in [0.25, 0.3) is 0 Å². The van der Waals surface area contributed by atoms with Gasteiger partial charge < -0.3 is 19.9 Å². The summed E-state index contributed by atoms with van der Waals surface area (Å²) in [5.41, 5.74) is 3.83. The average molecular weight is 497 g/mol. The molecule has 2 aromatic carbocycles. The zero-order valence-corrected chi connectivity index (χ0v) is 21.0. The van der Waals surface area contributed by atoms with Gasteiger partial charge in [0.1, 0.15) is 0 Å². The fourth-order valence-corrected chi connectivity index (χ4v) is 4.28. The monoisotopic (exact) mass is 496 g/mol. The summed E-state index contributed by atoms with van der Waals surface area (Å²) in [6.07, 6.45) is 5.06. The van der Waals surface area contributed by atoms with Crippen molar-refractivity contribution in [3.05, 3.63) is 72.2 Å². The number of amides is 2. The number of rotatable bonds is 11. The normalized spacial score (nSPS) is 10.7. The van der Waals surface area contributed by atoms with Crippen molar-refractivity contribution in [2.75, 3.05) is 18.5 Å². The van der Waals surface area contributed by atoms with E-state index in [-0.39, 0.29) is 17.7 Å². The van der Waals surface area contributed by atoms with Crippen molar-refractivity contribution in [2.24, 2.45) is 0 Å². The number of unbranched alkanes of at least 4 members (excludes halogenated alkanes) is 1. The lowest BCUT2D eigenvalue weighted by Crippen LogP contribution is -2.30. The van der Waals surface area contributed by atoms with Crippen LogP contribution in [-0.4, -0.2) is 42.2 Å². The number of urea groups is 1. The van der Waals surface area contributed by atoms with E-state index in [2.05, 4.69) is 27.1 Å². The summed E-state index contributed by atoms with van der Waals surface area (Å²) >= 11 is 0. The average Bonchev–Trinajstić information content (AvgIpc) is 3.28. The Hall–Kier alpha value is -3.43. The molecular formula is C26H32N4O4S. The molecule has 9 heteroatoms. The summed E-state index contributed by atoms with van der Waals surface area (Å²) in [6, 6.07) is 16.3. The molecule has 1 heterocycles. The Morgan fingerprint density at radius 1 is 1.03 bits per heavy atom. The second-order valence-corrected chi connectivity index (χ2v) is 8.80. The third kappa shape index (κ3) is 7.27. The highest BCUT2D eigenvalue weighted by molar-refractivity contribution is 7.73. The molecule has 0 spiro atoms. The van der Waals surface area contributed by atoms with Crippen LogP contribution in [0.4, 0.5) is 10.5 Å². The lowest BCUT2D eigenvalue weighted by Gasteiger charge is -2.13. The Labute approximate surface area is 207 Å². The van der Waals surface area contributed by atoms with Crippen molar-refractivity contribution < 1.29 is 17.9 Å². The molecule has 3 rings (SSSR count). The van der Waals surface area contributed by atoms with Crippen molar-refractivity contribution in [2.45, 2.75) is 46.1 Å². The van der Waals surface area contributed by atoms with Gasteiger partial charge in [0.05, 0.1) is 24.3 Å². The molecule has 0 aliphatic heterocycles. The van der Waals surface area contributed by atoms with Crippen LogP contribution in [0, 0.1) is 0 Å². The minimum atomic E-state index is -2.61. The van der Waals surface area contributed by atoms with Crippen LogP contribution in [0.5, 0.6) is 0 Å². The second-order valence-electron chi connectivity index (χ2n) is 7.96. The van der Waals surface area contributed by atoms with Gasteiger partial charge in [0, 0.05) is 29.9 Å². The van der Waals surface area contributed by atoms with Gasteiger partial charge in [-0.2, -0.15) is 8.42 Å². The molecule has 0 aliphatic rings. The number of aryl methyl sites for hydroxylation is 1. The van der Waals surface area contributed by atoms with E-state index in [0.29, 0.717) is 30.8 Å². The van der Waals surface area contributed by atoms with Crippen LogP contribution >= 0.6 is 0 Å². The fourth-order valence-electron chi connectivity index (χ4n) is 3.74. The van der Waals surface area contributed by atoms with Gasteiger partial charge in [0.2, 0.25) is 15.3 Å². The number of para-hydroxylation sites is 1. The minimum absolute atomic E-state index is 0.194. The number of imidazole rings is 1. The molecule has 1 aromatic heterocycles. The molecule has 0 saturated heterocycles. The van der Waals surface area contributed by atoms with E-state index in [1.54, 1.807) is 24.3 Å². The van der Waals surface area contributed by atoms with Crippen LogP contribution < -0.4 is 10.6 Å². The van der Waals surface area contributed by atoms with E-state index in [4.69, 9.17) is 4.74 Å². The van der Waals surface area contributed by atoms with Gasteiger partial charge in [-0.05, 0) is 31.4 Å². The number of ether oxygens (including phenoxy) is 1. The summed E-state index contributed by atoms with van der Waals surface area (Å²) in [7, 11) is -2.61. The van der Waals surface area contributed by atoms with Gasteiger partial charge in [-0.3, -0.25) is 0 Å². The van der Waals surface area contributed by atoms with Crippen LogP contribution in [0.15, 0.2) is 60.9 Å². The highest BCUT2D eigenvalue weighted by Gasteiger charge is 2.15. The molecule has 0 aliphatic carbocycles. The Kier molecular flexibility index (Phi) is 10.1. The first kappa shape index (κ1) is 26.2. The maximum Gasteiger partial charge on any atom is 0.319 e. The standard InChI is InChI=1S/C26H32N4O4S/c1-3-5-16-27-26(31)29-22-15-10-9-14-21(22)25(35(32)33)34-18-11-17-30-19-28-24(23(30)4-2)20-12-7-6-8-13-20/h6-10,12-15,19H,3-5,11,16-18H2,1-2H3,(H2,27,29,31). The smallest absolute Gasteiger partial charge is 0.319 e. The minimum Gasteiger partial charge on any atom is -0.338 e. The summed E-state index contributed by atoms with van der Waals surface area (Å²) in [5.74, 6) is 0. The van der Waals surface area contributed by atoms with Gasteiger partial charge in [-0.25, -0.2) is 9.78 Å². The Balaban J connectivity index is 1.64. The lowest BCUT2D eigenvalue weighted by atomic mass is 10.1. The zero-order chi connectivity index (χ0) is 25.0. The van der Waals surface area contributed by atoms with Crippen LogP contribution in [0.25, 0.3) is 11.3 Å². The largest absolute Gasteiger partial charge is 0.338 e. The van der Waals surface area contributed by atoms with E-state index in [1.165, 1.54) is 0 Å². The molecule has 0 fully saturated rings. The van der Waals surface area contributed by atoms with Crippen LogP contribution in [0.2, 0.25) is 0 Å².